The Morgan fingerprint density at radius 1 is 1.26 bits per heavy atom. The number of Topliss-reactive ketones (excluding diaryl/α,β-unsaturated/α-hetero) is 1. The molecule has 0 saturated heterocycles. The Kier molecular flexibility index (Phi) is 5.59. The number of carbonyl (C=O) groups excluding carboxylic acids is 1. The van der Waals surface area contributed by atoms with Crippen molar-refractivity contribution in [2.24, 2.45) is 5.92 Å². The summed E-state index contributed by atoms with van der Waals surface area (Å²) in [6.45, 7) is 1.98. The van der Waals surface area contributed by atoms with E-state index < -0.39 is 5.82 Å². The van der Waals surface area contributed by atoms with Crippen molar-refractivity contribution in [3.63, 3.8) is 0 Å². The van der Waals surface area contributed by atoms with Crippen LogP contribution in [0.25, 0.3) is 15.8 Å². The van der Waals surface area contributed by atoms with Crippen LogP contribution in [0, 0.1) is 11.7 Å². The standard InChI is InChI=1S/C25H25FN2O2S/c1-28-10-7-18(8-11-28)24-15-21-25(31-24)23(6-9-27-21)30-22-5-4-17(14-20(22)26)13-19(29)12-16-2-3-16/h4-7,9,14-16H,2-3,8,10-13H2,1H3. The quantitative estimate of drug-likeness (QED) is 0.465. The molecule has 3 heterocycles. The van der Waals surface area contributed by atoms with Crippen molar-refractivity contribution >= 4 is 32.9 Å². The van der Waals surface area contributed by atoms with E-state index in [1.807, 2.05) is 0 Å². The van der Waals surface area contributed by atoms with Gasteiger partial charge in [0.1, 0.15) is 11.5 Å². The van der Waals surface area contributed by atoms with Crippen LogP contribution in [-0.2, 0) is 11.2 Å². The molecule has 5 rings (SSSR count). The summed E-state index contributed by atoms with van der Waals surface area (Å²) in [5.74, 6) is 1.05. The molecule has 0 amide bonds. The van der Waals surface area contributed by atoms with Crippen molar-refractivity contribution in [1.82, 2.24) is 9.88 Å². The molecule has 0 radical (unpaired) electrons. The van der Waals surface area contributed by atoms with E-state index in [4.69, 9.17) is 4.74 Å². The second-order valence-corrected chi connectivity index (χ2v) is 9.66. The van der Waals surface area contributed by atoms with Crippen molar-refractivity contribution in [2.45, 2.75) is 32.1 Å². The lowest BCUT2D eigenvalue weighted by molar-refractivity contribution is -0.118. The third-order valence-electron chi connectivity index (χ3n) is 5.94. The molecule has 1 aliphatic carbocycles. The van der Waals surface area contributed by atoms with Gasteiger partial charge in [-0.05, 0) is 61.6 Å². The summed E-state index contributed by atoms with van der Waals surface area (Å²) in [4.78, 5) is 20.0. The molecule has 160 valence electrons. The molecule has 3 aromatic rings. The Morgan fingerprint density at radius 3 is 2.87 bits per heavy atom. The van der Waals surface area contributed by atoms with E-state index in [9.17, 15) is 9.18 Å². The summed E-state index contributed by atoms with van der Waals surface area (Å²) < 4.78 is 21.6. The number of carbonyl (C=O) groups is 1. The first kappa shape index (κ1) is 20.3. The zero-order valence-electron chi connectivity index (χ0n) is 17.6. The third kappa shape index (κ3) is 4.70. The van der Waals surface area contributed by atoms with Crippen LogP contribution in [-0.4, -0.2) is 35.8 Å². The highest BCUT2D eigenvalue weighted by molar-refractivity contribution is 7.20. The highest BCUT2D eigenvalue weighted by Crippen LogP contribution is 2.39. The Balaban J connectivity index is 1.35. The Hall–Kier alpha value is -2.57. The van der Waals surface area contributed by atoms with Crippen LogP contribution in [0.15, 0.2) is 42.6 Å². The molecule has 4 nitrogen and oxygen atoms in total. The number of ether oxygens (including phenoxy) is 1. The maximum atomic E-state index is 14.7. The minimum Gasteiger partial charge on any atom is -0.453 e. The summed E-state index contributed by atoms with van der Waals surface area (Å²) in [5.41, 5.74) is 2.89. The molecule has 1 fully saturated rings. The first-order valence-electron chi connectivity index (χ1n) is 10.8. The Labute approximate surface area is 185 Å². The molecule has 0 N–H and O–H groups in total. The van der Waals surface area contributed by atoms with E-state index in [1.54, 1.807) is 35.7 Å². The highest BCUT2D eigenvalue weighted by Gasteiger charge is 2.24. The fourth-order valence-corrected chi connectivity index (χ4v) is 5.08. The minimum atomic E-state index is -0.448. The number of hydrogen-bond acceptors (Lipinski definition) is 5. The number of fused-ring (bicyclic) bond motifs is 1. The van der Waals surface area contributed by atoms with Gasteiger partial charge in [0, 0.05) is 43.1 Å². The van der Waals surface area contributed by atoms with E-state index in [0.717, 1.165) is 42.6 Å². The maximum Gasteiger partial charge on any atom is 0.166 e. The number of benzene rings is 1. The van der Waals surface area contributed by atoms with E-state index >= 15 is 0 Å². The monoisotopic (exact) mass is 436 g/mol. The van der Waals surface area contributed by atoms with E-state index in [0.29, 0.717) is 23.7 Å². The molecule has 1 aliphatic heterocycles. The lowest BCUT2D eigenvalue weighted by Crippen LogP contribution is -2.23. The molecule has 1 aromatic carbocycles. The SMILES string of the molecule is CN1CC=C(c2cc3nccc(Oc4ccc(CC(=O)CC5CC5)cc4F)c3s2)CC1. The number of ketones is 1. The van der Waals surface area contributed by atoms with E-state index in [1.165, 1.54) is 16.5 Å². The number of aromatic nitrogens is 1. The van der Waals surface area contributed by atoms with Crippen LogP contribution in [0.3, 0.4) is 0 Å². The molecule has 1 saturated carbocycles. The molecular formula is C25H25FN2O2S. The largest absolute Gasteiger partial charge is 0.453 e. The first-order valence-corrected chi connectivity index (χ1v) is 11.6. The third-order valence-corrected chi connectivity index (χ3v) is 7.15. The van der Waals surface area contributed by atoms with Crippen LogP contribution in [0.5, 0.6) is 11.5 Å². The van der Waals surface area contributed by atoms with Gasteiger partial charge in [0.25, 0.3) is 0 Å². The Bertz CT molecular complexity index is 1170. The highest BCUT2D eigenvalue weighted by atomic mass is 32.1. The molecule has 0 spiro atoms. The summed E-state index contributed by atoms with van der Waals surface area (Å²) in [5, 5.41) is 0. The van der Waals surface area contributed by atoms with Gasteiger partial charge in [0.2, 0.25) is 0 Å². The van der Waals surface area contributed by atoms with E-state index in [-0.39, 0.29) is 18.0 Å². The summed E-state index contributed by atoms with van der Waals surface area (Å²) >= 11 is 1.64. The normalized spacial score (nSPS) is 17.0. The molecule has 0 atom stereocenters. The number of thiophene rings is 1. The number of pyridine rings is 1. The van der Waals surface area contributed by atoms with Crippen molar-refractivity contribution in [1.29, 1.82) is 0 Å². The summed E-state index contributed by atoms with van der Waals surface area (Å²) in [6, 6.07) is 8.69. The second kappa shape index (κ2) is 8.52. The first-order chi connectivity index (χ1) is 15.0. The molecule has 6 heteroatoms. The van der Waals surface area contributed by atoms with Crippen LogP contribution < -0.4 is 4.74 Å². The lowest BCUT2D eigenvalue weighted by Gasteiger charge is -2.21. The fourth-order valence-electron chi connectivity index (χ4n) is 3.95. The van der Waals surface area contributed by atoms with Gasteiger partial charge in [-0.3, -0.25) is 9.78 Å². The Morgan fingerprint density at radius 2 is 2.13 bits per heavy atom. The average Bonchev–Trinajstić information content (AvgIpc) is 3.44. The number of likely N-dealkylation sites (N-methyl/N-ethyl adjacent to an activating group) is 1. The number of nitrogens with zero attached hydrogens (tertiary/aromatic N) is 2. The van der Waals surface area contributed by atoms with Gasteiger partial charge in [0.15, 0.2) is 11.6 Å². The number of rotatable bonds is 7. The maximum absolute atomic E-state index is 14.7. The topological polar surface area (TPSA) is 42.4 Å². The van der Waals surface area contributed by atoms with E-state index in [2.05, 4.69) is 29.1 Å². The second-order valence-electron chi connectivity index (χ2n) is 8.61. The number of hydrogen-bond donors (Lipinski definition) is 0. The lowest BCUT2D eigenvalue weighted by atomic mass is 10.0. The zero-order chi connectivity index (χ0) is 21.4. The van der Waals surface area contributed by atoms with Gasteiger partial charge in [-0.15, -0.1) is 11.3 Å². The van der Waals surface area contributed by atoms with Gasteiger partial charge in [-0.1, -0.05) is 12.1 Å². The molecule has 31 heavy (non-hydrogen) atoms. The van der Waals surface area contributed by atoms with Crippen molar-refractivity contribution in [3.05, 3.63) is 58.9 Å². The fraction of sp³-hybridized carbons (Fsp3) is 0.360. The predicted octanol–water partition coefficient (Wildman–Crippen LogP) is 5.86. The van der Waals surface area contributed by atoms with Gasteiger partial charge >= 0.3 is 0 Å². The van der Waals surface area contributed by atoms with Crippen LogP contribution in [0.1, 0.15) is 36.1 Å². The van der Waals surface area contributed by atoms with Crippen LogP contribution in [0.2, 0.25) is 0 Å². The zero-order valence-corrected chi connectivity index (χ0v) is 18.4. The molecule has 2 aromatic heterocycles. The van der Waals surface area contributed by atoms with Crippen LogP contribution in [0.4, 0.5) is 4.39 Å². The van der Waals surface area contributed by atoms with Crippen molar-refractivity contribution < 1.29 is 13.9 Å². The van der Waals surface area contributed by atoms with Gasteiger partial charge in [-0.25, -0.2) is 4.39 Å². The summed E-state index contributed by atoms with van der Waals surface area (Å²) in [7, 11) is 2.12. The predicted molar refractivity (Wildman–Crippen MR) is 122 cm³/mol. The van der Waals surface area contributed by atoms with Crippen molar-refractivity contribution in [3.8, 4) is 11.5 Å². The average molecular weight is 437 g/mol. The number of halogens is 1. The minimum absolute atomic E-state index is 0.166. The molecule has 0 bridgehead atoms. The van der Waals surface area contributed by atoms with Crippen molar-refractivity contribution in [2.75, 3.05) is 20.1 Å². The summed E-state index contributed by atoms with van der Waals surface area (Å²) in [6.07, 6.45) is 8.15. The smallest absolute Gasteiger partial charge is 0.166 e. The molecule has 0 unspecified atom stereocenters. The molecule has 2 aliphatic rings. The van der Waals surface area contributed by atoms with Gasteiger partial charge in [-0.2, -0.15) is 0 Å². The molecular weight excluding hydrogens is 411 g/mol. The van der Waals surface area contributed by atoms with Crippen LogP contribution >= 0.6 is 11.3 Å². The van der Waals surface area contributed by atoms with Gasteiger partial charge < -0.3 is 9.64 Å². The van der Waals surface area contributed by atoms with Gasteiger partial charge in [0.05, 0.1) is 10.2 Å².